The number of aryl methyl sites for hydroxylation is 1. The molecule has 0 amide bonds. The summed E-state index contributed by atoms with van der Waals surface area (Å²) in [6, 6.07) is 6.28. The molecule has 0 radical (unpaired) electrons. The van der Waals surface area contributed by atoms with E-state index in [2.05, 4.69) is 5.10 Å². The summed E-state index contributed by atoms with van der Waals surface area (Å²) in [4.78, 5) is 12.8. The molecule has 0 aliphatic rings. The highest BCUT2D eigenvalue weighted by Crippen LogP contribution is 2.18. The summed E-state index contributed by atoms with van der Waals surface area (Å²) < 4.78 is 1.70. The van der Waals surface area contributed by atoms with Gasteiger partial charge in [0.15, 0.2) is 5.78 Å². The number of aromatic nitrogens is 2. The van der Waals surface area contributed by atoms with Gasteiger partial charge in [-0.1, -0.05) is 0 Å². The van der Waals surface area contributed by atoms with Gasteiger partial charge >= 0.3 is 0 Å². The Hall–Kier alpha value is -1.75. The predicted octanol–water partition coefficient (Wildman–Crippen LogP) is 2.10. The Bertz CT molecular complexity index is 520. The molecule has 5 heteroatoms. The molecule has 0 fully saturated rings. The van der Waals surface area contributed by atoms with Crippen molar-refractivity contribution >= 4 is 17.5 Å². The number of rotatable bonds is 4. The Kier molecular flexibility index (Phi) is 3.49. The summed E-state index contributed by atoms with van der Waals surface area (Å²) in [7, 11) is 1.84. The fourth-order valence-electron chi connectivity index (χ4n) is 1.35. The fraction of sp³-hybridized carbons (Fsp3) is 0.167. The Morgan fingerprint density at radius 3 is 2.71 bits per heavy atom. The van der Waals surface area contributed by atoms with Gasteiger partial charge in [0, 0.05) is 23.7 Å². The summed E-state index contributed by atoms with van der Waals surface area (Å²) in [6.45, 7) is 0. The summed E-state index contributed by atoms with van der Waals surface area (Å²) in [6.07, 6.45) is 3.60. The SMILES string of the molecule is Cn1cc(SCC(=O)c2ccc(O)cc2)cn1. The molecule has 0 saturated carbocycles. The minimum absolute atomic E-state index is 0.0406. The van der Waals surface area contributed by atoms with Crippen LogP contribution in [0.25, 0.3) is 0 Å². The number of nitrogens with zero attached hydrogens (tertiary/aromatic N) is 2. The molecule has 0 aliphatic carbocycles. The van der Waals surface area contributed by atoms with Crippen molar-refractivity contribution in [2.24, 2.45) is 7.05 Å². The van der Waals surface area contributed by atoms with Crippen LogP contribution in [0.3, 0.4) is 0 Å². The smallest absolute Gasteiger partial charge is 0.173 e. The van der Waals surface area contributed by atoms with Crippen molar-refractivity contribution in [1.82, 2.24) is 9.78 Å². The number of carbonyl (C=O) groups is 1. The molecule has 1 heterocycles. The van der Waals surface area contributed by atoms with E-state index in [0.29, 0.717) is 11.3 Å². The Balaban J connectivity index is 1.95. The normalized spacial score (nSPS) is 10.4. The quantitative estimate of drug-likeness (QED) is 0.665. The summed E-state index contributed by atoms with van der Waals surface area (Å²) in [5.41, 5.74) is 0.610. The first-order valence-corrected chi connectivity index (χ1v) is 6.07. The van der Waals surface area contributed by atoms with Gasteiger partial charge in [0.25, 0.3) is 0 Å². The molecule has 0 saturated heterocycles. The van der Waals surface area contributed by atoms with E-state index in [1.54, 1.807) is 23.0 Å². The van der Waals surface area contributed by atoms with Crippen LogP contribution < -0.4 is 0 Å². The highest BCUT2D eigenvalue weighted by atomic mass is 32.2. The van der Waals surface area contributed by atoms with Gasteiger partial charge in [0.05, 0.1) is 11.9 Å². The van der Waals surface area contributed by atoms with E-state index >= 15 is 0 Å². The third-order valence-corrected chi connectivity index (χ3v) is 3.19. The molecule has 2 aromatic rings. The van der Waals surface area contributed by atoms with Crippen LogP contribution in [0.5, 0.6) is 5.75 Å². The van der Waals surface area contributed by atoms with Crippen molar-refractivity contribution in [2.45, 2.75) is 4.90 Å². The molecule has 1 N–H and O–H groups in total. The number of ketones is 1. The molecule has 1 aromatic carbocycles. The van der Waals surface area contributed by atoms with Crippen molar-refractivity contribution in [1.29, 1.82) is 0 Å². The number of thioether (sulfide) groups is 1. The molecule has 0 bridgehead atoms. The third-order valence-electron chi connectivity index (χ3n) is 2.24. The minimum atomic E-state index is 0.0406. The number of benzene rings is 1. The maximum atomic E-state index is 11.8. The highest BCUT2D eigenvalue weighted by molar-refractivity contribution is 8.00. The first kappa shape index (κ1) is 11.7. The molecule has 0 aliphatic heterocycles. The lowest BCUT2D eigenvalue weighted by molar-refractivity contribution is 0.102. The van der Waals surface area contributed by atoms with Crippen LogP contribution in [0, 0.1) is 0 Å². The fourth-order valence-corrected chi connectivity index (χ4v) is 2.17. The van der Waals surface area contributed by atoms with Crippen LogP contribution in [0.15, 0.2) is 41.6 Å². The van der Waals surface area contributed by atoms with Crippen LogP contribution >= 0.6 is 11.8 Å². The molecule has 4 nitrogen and oxygen atoms in total. The maximum absolute atomic E-state index is 11.8. The van der Waals surface area contributed by atoms with Crippen LogP contribution in [0.4, 0.5) is 0 Å². The number of phenols is 1. The lowest BCUT2D eigenvalue weighted by atomic mass is 10.1. The zero-order valence-electron chi connectivity index (χ0n) is 9.33. The number of Topliss-reactive ketones (excluding diaryl/α,β-unsaturated/α-hetero) is 1. The standard InChI is InChI=1S/C12H12N2O2S/c1-14-7-11(6-13-14)17-8-12(16)9-2-4-10(15)5-3-9/h2-7,15H,8H2,1H3. The van der Waals surface area contributed by atoms with E-state index in [4.69, 9.17) is 5.11 Å². The van der Waals surface area contributed by atoms with Crippen LogP contribution in [-0.2, 0) is 7.05 Å². The highest BCUT2D eigenvalue weighted by Gasteiger charge is 2.07. The number of hydrogen-bond donors (Lipinski definition) is 1. The van der Waals surface area contributed by atoms with Crippen LogP contribution in [-0.4, -0.2) is 26.4 Å². The monoisotopic (exact) mass is 248 g/mol. The van der Waals surface area contributed by atoms with Gasteiger partial charge < -0.3 is 5.11 Å². The Morgan fingerprint density at radius 2 is 2.12 bits per heavy atom. The second kappa shape index (κ2) is 5.05. The van der Waals surface area contributed by atoms with Crippen LogP contribution in [0.2, 0.25) is 0 Å². The number of aromatic hydroxyl groups is 1. The maximum Gasteiger partial charge on any atom is 0.173 e. The Morgan fingerprint density at radius 1 is 1.41 bits per heavy atom. The molecule has 0 atom stereocenters. The lowest BCUT2D eigenvalue weighted by Crippen LogP contribution is -2.01. The minimum Gasteiger partial charge on any atom is -0.508 e. The number of phenolic OH excluding ortho intramolecular Hbond substituents is 1. The second-order valence-electron chi connectivity index (χ2n) is 3.61. The molecule has 1 aromatic heterocycles. The van der Waals surface area contributed by atoms with E-state index < -0.39 is 0 Å². The number of carbonyl (C=O) groups excluding carboxylic acids is 1. The largest absolute Gasteiger partial charge is 0.508 e. The summed E-state index contributed by atoms with van der Waals surface area (Å²) >= 11 is 1.45. The van der Waals surface area contributed by atoms with Gasteiger partial charge in [0.2, 0.25) is 0 Å². The zero-order chi connectivity index (χ0) is 12.3. The summed E-state index contributed by atoms with van der Waals surface area (Å²) in [5.74, 6) is 0.580. The molecular weight excluding hydrogens is 236 g/mol. The van der Waals surface area contributed by atoms with Crippen molar-refractivity contribution in [3.05, 3.63) is 42.2 Å². The van der Waals surface area contributed by atoms with Crippen molar-refractivity contribution in [3.63, 3.8) is 0 Å². The van der Waals surface area contributed by atoms with E-state index in [9.17, 15) is 4.79 Å². The second-order valence-corrected chi connectivity index (χ2v) is 4.66. The summed E-state index contributed by atoms with van der Waals surface area (Å²) in [5, 5.41) is 13.2. The van der Waals surface area contributed by atoms with E-state index in [0.717, 1.165) is 4.90 Å². The van der Waals surface area contributed by atoms with E-state index in [-0.39, 0.29) is 11.5 Å². The molecule has 0 unspecified atom stereocenters. The van der Waals surface area contributed by atoms with E-state index in [1.165, 1.54) is 23.9 Å². The predicted molar refractivity (Wildman–Crippen MR) is 66.4 cm³/mol. The topological polar surface area (TPSA) is 55.1 Å². The molecule has 88 valence electrons. The van der Waals surface area contributed by atoms with Crippen molar-refractivity contribution in [3.8, 4) is 5.75 Å². The third kappa shape index (κ3) is 3.10. The van der Waals surface area contributed by atoms with Gasteiger partial charge in [-0.3, -0.25) is 9.48 Å². The average Bonchev–Trinajstić information content (AvgIpc) is 2.73. The molecule has 2 rings (SSSR count). The van der Waals surface area contributed by atoms with Gasteiger partial charge in [0.1, 0.15) is 5.75 Å². The zero-order valence-corrected chi connectivity index (χ0v) is 10.1. The van der Waals surface area contributed by atoms with Gasteiger partial charge in [-0.15, -0.1) is 11.8 Å². The lowest BCUT2D eigenvalue weighted by Gasteiger charge is -1.99. The van der Waals surface area contributed by atoms with Gasteiger partial charge in [-0.2, -0.15) is 5.10 Å². The number of hydrogen-bond acceptors (Lipinski definition) is 4. The average molecular weight is 248 g/mol. The van der Waals surface area contributed by atoms with Crippen molar-refractivity contribution in [2.75, 3.05) is 5.75 Å². The molecule has 0 spiro atoms. The molecule has 17 heavy (non-hydrogen) atoms. The van der Waals surface area contributed by atoms with Crippen molar-refractivity contribution < 1.29 is 9.90 Å². The van der Waals surface area contributed by atoms with Crippen LogP contribution in [0.1, 0.15) is 10.4 Å². The van der Waals surface area contributed by atoms with E-state index in [1.807, 2.05) is 13.2 Å². The first-order valence-electron chi connectivity index (χ1n) is 5.09. The van der Waals surface area contributed by atoms with Gasteiger partial charge in [-0.05, 0) is 24.3 Å². The van der Waals surface area contributed by atoms with Gasteiger partial charge in [-0.25, -0.2) is 0 Å². The first-order chi connectivity index (χ1) is 8.15. The Labute approximate surface area is 103 Å². The molecular formula is C12H12N2O2S.